The number of rotatable bonds is 3. The molecule has 1 heterocycles. The van der Waals surface area contributed by atoms with Crippen LogP contribution < -0.4 is 0 Å². The molecule has 1 aliphatic heterocycles. The molecule has 2 rings (SSSR count). The predicted molar refractivity (Wildman–Crippen MR) is 67.0 cm³/mol. The number of carbonyl (C=O) groups is 2. The number of halogens is 1. The number of carbonyl (C=O) groups excluding carboxylic acids is 1. The third-order valence-electron chi connectivity index (χ3n) is 3.64. The molecule has 0 bridgehead atoms. The van der Waals surface area contributed by atoms with Gasteiger partial charge in [0.15, 0.2) is 0 Å². The molecule has 1 amide bonds. The Morgan fingerprint density at radius 2 is 2.21 bits per heavy atom. The van der Waals surface area contributed by atoms with Gasteiger partial charge in [0.05, 0.1) is 12.0 Å². The summed E-state index contributed by atoms with van der Waals surface area (Å²) in [6.45, 7) is 3.71. The minimum absolute atomic E-state index is 0.0415. The molecule has 1 fully saturated rings. The number of hydrogen-bond acceptors (Lipinski definition) is 2. The zero-order valence-electron chi connectivity index (χ0n) is 10.9. The van der Waals surface area contributed by atoms with E-state index in [-0.39, 0.29) is 30.7 Å². The quantitative estimate of drug-likeness (QED) is 0.910. The molecule has 0 aliphatic carbocycles. The van der Waals surface area contributed by atoms with E-state index in [1.807, 2.05) is 6.92 Å². The summed E-state index contributed by atoms with van der Waals surface area (Å²) in [7, 11) is 0. The molecule has 19 heavy (non-hydrogen) atoms. The van der Waals surface area contributed by atoms with Crippen LogP contribution in [0.25, 0.3) is 0 Å². The highest BCUT2D eigenvalue weighted by Crippen LogP contribution is 2.29. The van der Waals surface area contributed by atoms with Crippen LogP contribution in [0.2, 0.25) is 0 Å². The smallest absolute Gasteiger partial charge is 0.308 e. The predicted octanol–water partition coefficient (Wildman–Crippen LogP) is 2.13. The maximum Gasteiger partial charge on any atom is 0.308 e. The van der Waals surface area contributed by atoms with E-state index in [9.17, 15) is 14.0 Å². The molecule has 0 radical (unpaired) electrons. The largest absolute Gasteiger partial charge is 0.481 e. The number of amides is 1. The van der Waals surface area contributed by atoms with Gasteiger partial charge in [0.1, 0.15) is 5.82 Å². The van der Waals surface area contributed by atoms with Gasteiger partial charge in [-0.25, -0.2) is 4.39 Å². The highest BCUT2D eigenvalue weighted by atomic mass is 19.1. The number of carboxylic acids is 1. The second kappa shape index (κ2) is 4.99. The Bertz CT molecular complexity index is 529. The van der Waals surface area contributed by atoms with E-state index in [1.165, 1.54) is 6.07 Å². The first kappa shape index (κ1) is 13.5. The summed E-state index contributed by atoms with van der Waals surface area (Å²) >= 11 is 0. The fourth-order valence-corrected chi connectivity index (χ4v) is 2.38. The number of aliphatic carboxylic acids is 1. The average molecular weight is 265 g/mol. The van der Waals surface area contributed by atoms with Gasteiger partial charge in [-0.1, -0.05) is 12.1 Å². The van der Waals surface area contributed by atoms with Gasteiger partial charge in [0.2, 0.25) is 5.91 Å². The SMILES string of the molecule is Cc1cc(C(C)N2CC(C(=O)O)CC2=O)ccc1F. The van der Waals surface area contributed by atoms with Crippen LogP contribution in [-0.4, -0.2) is 28.4 Å². The Hall–Kier alpha value is -1.91. The molecule has 2 atom stereocenters. The van der Waals surface area contributed by atoms with Crippen LogP contribution >= 0.6 is 0 Å². The fraction of sp³-hybridized carbons (Fsp3) is 0.429. The Labute approximate surface area is 110 Å². The maximum atomic E-state index is 13.2. The zero-order chi connectivity index (χ0) is 14.2. The molecule has 0 saturated carbocycles. The summed E-state index contributed by atoms with van der Waals surface area (Å²) in [6, 6.07) is 4.46. The molecule has 2 unspecified atom stereocenters. The number of nitrogens with zero attached hydrogens (tertiary/aromatic N) is 1. The van der Waals surface area contributed by atoms with Crippen molar-refractivity contribution in [2.75, 3.05) is 6.54 Å². The Morgan fingerprint density at radius 3 is 2.74 bits per heavy atom. The summed E-state index contributed by atoms with van der Waals surface area (Å²) < 4.78 is 13.2. The van der Waals surface area contributed by atoms with Crippen molar-refractivity contribution in [3.8, 4) is 0 Å². The highest BCUT2D eigenvalue weighted by Gasteiger charge is 2.36. The first-order chi connectivity index (χ1) is 8.90. The molecule has 1 N–H and O–H groups in total. The lowest BCUT2D eigenvalue weighted by atomic mass is 10.0. The standard InChI is InChI=1S/C14H16FNO3/c1-8-5-10(3-4-12(8)15)9(2)16-7-11(14(18)19)6-13(16)17/h3-5,9,11H,6-7H2,1-2H3,(H,18,19). The summed E-state index contributed by atoms with van der Waals surface area (Å²) in [6.07, 6.45) is 0.0415. The van der Waals surface area contributed by atoms with E-state index >= 15 is 0 Å². The molecule has 1 aromatic rings. The van der Waals surface area contributed by atoms with Crippen molar-refractivity contribution < 1.29 is 19.1 Å². The first-order valence-corrected chi connectivity index (χ1v) is 6.18. The fourth-order valence-electron chi connectivity index (χ4n) is 2.38. The molecule has 0 aromatic heterocycles. The topological polar surface area (TPSA) is 57.6 Å². The summed E-state index contributed by atoms with van der Waals surface area (Å²) in [5.74, 6) is -2.04. The minimum Gasteiger partial charge on any atom is -0.481 e. The lowest BCUT2D eigenvalue weighted by Crippen LogP contribution is -2.29. The minimum atomic E-state index is -0.946. The molecule has 0 spiro atoms. The average Bonchev–Trinajstić information content (AvgIpc) is 2.74. The van der Waals surface area contributed by atoms with Crippen molar-refractivity contribution in [3.63, 3.8) is 0 Å². The van der Waals surface area contributed by atoms with Gasteiger partial charge in [0.25, 0.3) is 0 Å². The van der Waals surface area contributed by atoms with E-state index < -0.39 is 11.9 Å². The lowest BCUT2D eigenvalue weighted by molar-refractivity contribution is -0.141. The van der Waals surface area contributed by atoms with E-state index in [0.717, 1.165) is 5.56 Å². The zero-order valence-corrected chi connectivity index (χ0v) is 10.9. The van der Waals surface area contributed by atoms with Gasteiger partial charge in [0, 0.05) is 13.0 Å². The maximum absolute atomic E-state index is 13.2. The summed E-state index contributed by atoms with van der Waals surface area (Å²) in [5, 5.41) is 8.95. The van der Waals surface area contributed by atoms with Crippen molar-refractivity contribution in [2.24, 2.45) is 5.92 Å². The third-order valence-corrected chi connectivity index (χ3v) is 3.64. The van der Waals surface area contributed by atoms with Gasteiger partial charge in [-0.3, -0.25) is 9.59 Å². The second-order valence-electron chi connectivity index (χ2n) is 4.97. The number of benzene rings is 1. The van der Waals surface area contributed by atoms with Crippen molar-refractivity contribution >= 4 is 11.9 Å². The Kier molecular flexibility index (Phi) is 3.55. The van der Waals surface area contributed by atoms with E-state index in [1.54, 1.807) is 24.0 Å². The van der Waals surface area contributed by atoms with Crippen LogP contribution in [0.4, 0.5) is 4.39 Å². The Morgan fingerprint density at radius 1 is 1.53 bits per heavy atom. The molecular weight excluding hydrogens is 249 g/mol. The summed E-state index contributed by atoms with van der Waals surface area (Å²) in [4.78, 5) is 24.3. The van der Waals surface area contributed by atoms with Crippen molar-refractivity contribution in [1.29, 1.82) is 0 Å². The summed E-state index contributed by atoms with van der Waals surface area (Å²) in [5.41, 5.74) is 1.34. The lowest BCUT2D eigenvalue weighted by Gasteiger charge is -2.25. The molecule has 5 heteroatoms. The van der Waals surface area contributed by atoms with Crippen LogP contribution in [0.3, 0.4) is 0 Å². The van der Waals surface area contributed by atoms with E-state index in [0.29, 0.717) is 5.56 Å². The van der Waals surface area contributed by atoms with E-state index in [4.69, 9.17) is 5.11 Å². The first-order valence-electron chi connectivity index (χ1n) is 6.18. The molecular formula is C14H16FNO3. The van der Waals surface area contributed by atoms with Gasteiger partial charge in [-0.05, 0) is 31.0 Å². The van der Waals surface area contributed by atoms with Gasteiger partial charge >= 0.3 is 5.97 Å². The molecule has 1 aromatic carbocycles. The van der Waals surface area contributed by atoms with Crippen molar-refractivity contribution in [2.45, 2.75) is 26.3 Å². The van der Waals surface area contributed by atoms with Gasteiger partial charge < -0.3 is 10.0 Å². The third kappa shape index (κ3) is 2.59. The van der Waals surface area contributed by atoms with Crippen molar-refractivity contribution in [3.05, 3.63) is 35.1 Å². The van der Waals surface area contributed by atoms with E-state index in [2.05, 4.69) is 0 Å². The van der Waals surface area contributed by atoms with Crippen LogP contribution in [0.5, 0.6) is 0 Å². The molecule has 102 valence electrons. The number of hydrogen-bond donors (Lipinski definition) is 1. The highest BCUT2D eigenvalue weighted by molar-refractivity contribution is 5.86. The molecule has 1 saturated heterocycles. The number of carboxylic acid groups (broad SMARTS) is 1. The van der Waals surface area contributed by atoms with Crippen LogP contribution in [0, 0.1) is 18.7 Å². The number of aryl methyl sites for hydroxylation is 1. The van der Waals surface area contributed by atoms with Gasteiger partial charge in [-0.15, -0.1) is 0 Å². The second-order valence-corrected chi connectivity index (χ2v) is 4.97. The number of likely N-dealkylation sites (tertiary alicyclic amines) is 1. The van der Waals surface area contributed by atoms with Crippen LogP contribution in [-0.2, 0) is 9.59 Å². The normalized spacial score (nSPS) is 20.7. The molecule has 4 nitrogen and oxygen atoms in total. The van der Waals surface area contributed by atoms with Gasteiger partial charge in [-0.2, -0.15) is 0 Å². The van der Waals surface area contributed by atoms with Crippen LogP contribution in [0.1, 0.15) is 30.5 Å². The Balaban J connectivity index is 2.19. The monoisotopic (exact) mass is 265 g/mol. The van der Waals surface area contributed by atoms with Crippen LogP contribution in [0.15, 0.2) is 18.2 Å². The molecule has 1 aliphatic rings. The van der Waals surface area contributed by atoms with Crippen molar-refractivity contribution in [1.82, 2.24) is 4.90 Å².